The number of carbonyl (C=O) groups is 1. The third-order valence-corrected chi connectivity index (χ3v) is 2.21. The fourth-order valence-corrected chi connectivity index (χ4v) is 1.84. The summed E-state index contributed by atoms with van der Waals surface area (Å²) >= 11 is 12.0. The van der Waals surface area contributed by atoms with Crippen LogP contribution in [0.25, 0.3) is 0 Å². The molecule has 0 aliphatic rings. The van der Waals surface area contributed by atoms with E-state index in [4.69, 9.17) is 11.6 Å². The number of allylic oxidation sites excluding steroid dienone is 1. The molecule has 0 fully saturated rings. The van der Waals surface area contributed by atoms with E-state index in [0.29, 0.717) is 19.3 Å². The van der Waals surface area contributed by atoms with Gasteiger partial charge < -0.3 is 0 Å². The van der Waals surface area contributed by atoms with Gasteiger partial charge in [0.1, 0.15) is 0 Å². The highest BCUT2D eigenvalue weighted by Gasteiger charge is 2.07. The molecule has 0 aromatic carbocycles. The van der Waals surface area contributed by atoms with Gasteiger partial charge in [-0.15, -0.1) is 11.6 Å². The zero-order chi connectivity index (χ0) is 10.3. The number of hydrogen-bond acceptors (Lipinski definition) is 1. The van der Waals surface area contributed by atoms with Crippen LogP contribution in [0.1, 0.15) is 19.3 Å². The SMILES string of the molecule is C=C(Br)C[C@H](Cl)CCC(=O)C#CBr. The summed E-state index contributed by atoms with van der Waals surface area (Å²) in [6, 6.07) is 0. The second kappa shape index (κ2) is 7.61. The highest BCUT2D eigenvalue weighted by molar-refractivity contribution is 9.12. The molecule has 72 valence electrons. The Balaban J connectivity index is 3.67. The lowest BCUT2D eigenvalue weighted by atomic mass is 10.1. The van der Waals surface area contributed by atoms with Crippen molar-refractivity contribution < 1.29 is 4.79 Å². The van der Waals surface area contributed by atoms with Gasteiger partial charge in [-0.05, 0) is 28.1 Å². The Morgan fingerprint density at radius 1 is 1.62 bits per heavy atom. The molecule has 1 atom stereocenters. The summed E-state index contributed by atoms with van der Waals surface area (Å²) in [6.45, 7) is 3.67. The molecule has 13 heavy (non-hydrogen) atoms. The molecule has 0 saturated heterocycles. The van der Waals surface area contributed by atoms with E-state index in [9.17, 15) is 4.79 Å². The average molecular weight is 328 g/mol. The summed E-state index contributed by atoms with van der Waals surface area (Å²) in [5.41, 5.74) is 0. The van der Waals surface area contributed by atoms with Crippen LogP contribution in [0, 0.1) is 10.8 Å². The van der Waals surface area contributed by atoms with Crippen molar-refractivity contribution in [3.8, 4) is 10.8 Å². The van der Waals surface area contributed by atoms with Crippen LogP contribution in [-0.4, -0.2) is 11.2 Å². The predicted octanol–water partition coefficient (Wildman–Crippen LogP) is 3.60. The maximum Gasteiger partial charge on any atom is 0.206 e. The molecule has 0 heterocycles. The lowest BCUT2D eigenvalue weighted by Gasteiger charge is -2.05. The Morgan fingerprint density at radius 3 is 2.69 bits per heavy atom. The first kappa shape index (κ1) is 13.2. The molecule has 0 bridgehead atoms. The van der Waals surface area contributed by atoms with E-state index in [1.54, 1.807) is 0 Å². The Hall–Kier alpha value is 0.220. The first-order valence-electron chi connectivity index (χ1n) is 3.68. The molecule has 4 heteroatoms. The van der Waals surface area contributed by atoms with Crippen molar-refractivity contribution in [1.82, 2.24) is 0 Å². The van der Waals surface area contributed by atoms with E-state index in [0.717, 1.165) is 4.48 Å². The third-order valence-electron chi connectivity index (χ3n) is 1.31. The quantitative estimate of drug-likeness (QED) is 0.557. The van der Waals surface area contributed by atoms with Gasteiger partial charge in [0.15, 0.2) is 0 Å². The lowest BCUT2D eigenvalue weighted by molar-refractivity contribution is -0.113. The van der Waals surface area contributed by atoms with E-state index in [1.807, 2.05) is 0 Å². The van der Waals surface area contributed by atoms with E-state index in [-0.39, 0.29) is 11.2 Å². The van der Waals surface area contributed by atoms with Crippen LogP contribution in [0.3, 0.4) is 0 Å². The normalized spacial score (nSPS) is 11.3. The number of Topliss-reactive ketones (excluding diaryl/α,β-unsaturated/α-hetero) is 1. The average Bonchev–Trinajstić information content (AvgIpc) is 2.00. The van der Waals surface area contributed by atoms with E-state index >= 15 is 0 Å². The number of rotatable bonds is 5. The maximum atomic E-state index is 10.9. The molecule has 0 aliphatic heterocycles. The maximum absolute atomic E-state index is 10.9. The molecule has 0 aromatic rings. The molecule has 0 radical (unpaired) electrons. The van der Waals surface area contributed by atoms with Gasteiger partial charge in [-0.3, -0.25) is 4.79 Å². The van der Waals surface area contributed by atoms with Crippen LogP contribution in [-0.2, 0) is 4.79 Å². The Morgan fingerprint density at radius 2 is 2.23 bits per heavy atom. The molecule has 0 N–H and O–H groups in total. The molecule has 1 nitrogen and oxygen atoms in total. The first-order chi connectivity index (χ1) is 6.06. The molecule has 0 rings (SSSR count). The minimum absolute atomic E-state index is 0.0482. The summed E-state index contributed by atoms with van der Waals surface area (Å²) < 4.78 is 0.853. The molecule has 0 amide bonds. The smallest absolute Gasteiger partial charge is 0.206 e. The van der Waals surface area contributed by atoms with Gasteiger partial charge in [0.2, 0.25) is 5.78 Å². The molecular weight excluding hydrogens is 319 g/mol. The van der Waals surface area contributed by atoms with Crippen molar-refractivity contribution in [2.75, 3.05) is 0 Å². The van der Waals surface area contributed by atoms with Gasteiger partial charge in [0.25, 0.3) is 0 Å². The summed E-state index contributed by atoms with van der Waals surface area (Å²) in [4.78, 5) is 13.3. The molecule has 0 spiro atoms. The number of alkyl halides is 1. The molecule has 0 aliphatic carbocycles. The lowest BCUT2D eigenvalue weighted by Crippen LogP contribution is -2.02. The van der Waals surface area contributed by atoms with Gasteiger partial charge in [0.05, 0.1) is 0 Å². The van der Waals surface area contributed by atoms with E-state index in [2.05, 4.69) is 49.2 Å². The number of halogens is 3. The van der Waals surface area contributed by atoms with Crippen LogP contribution in [0.2, 0.25) is 0 Å². The van der Waals surface area contributed by atoms with Gasteiger partial charge >= 0.3 is 0 Å². The second-order valence-corrected chi connectivity index (χ2v) is 4.64. The standard InChI is InChI=1S/C9H9Br2ClO/c1-7(11)6-8(12)2-3-9(13)4-5-10/h8H,1-3,6H2/t8-/m1/s1. The van der Waals surface area contributed by atoms with Gasteiger partial charge in [-0.2, -0.15) is 0 Å². The first-order valence-corrected chi connectivity index (χ1v) is 5.70. The van der Waals surface area contributed by atoms with Crippen molar-refractivity contribution in [2.45, 2.75) is 24.6 Å². The molecule has 0 unspecified atom stereocenters. The second-order valence-electron chi connectivity index (χ2n) is 2.50. The summed E-state index contributed by atoms with van der Waals surface area (Å²) in [5.74, 6) is 2.29. The van der Waals surface area contributed by atoms with E-state index < -0.39 is 0 Å². The highest BCUT2D eigenvalue weighted by Crippen LogP contribution is 2.18. The van der Waals surface area contributed by atoms with Crippen molar-refractivity contribution in [1.29, 1.82) is 0 Å². The zero-order valence-electron chi connectivity index (χ0n) is 6.95. The van der Waals surface area contributed by atoms with Crippen LogP contribution >= 0.6 is 43.5 Å². The summed E-state index contributed by atoms with van der Waals surface area (Å²) in [6.07, 6.45) is 1.70. The van der Waals surface area contributed by atoms with Crippen LogP contribution in [0.15, 0.2) is 11.1 Å². The Bertz CT molecular complexity index is 252. The molecule has 0 saturated carbocycles. The van der Waals surface area contributed by atoms with Crippen molar-refractivity contribution in [2.24, 2.45) is 0 Å². The Labute approximate surface area is 100 Å². The van der Waals surface area contributed by atoms with Gasteiger partial charge in [0, 0.05) is 27.7 Å². The van der Waals surface area contributed by atoms with Crippen molar-refractivity contribution >= 4 is 49.2 Å². The van der Waals surface area contributed by atoms with Crippen molar-refractivity contribution in [3.05, 3.63) is 11.1 Å². The third kappa shape index (κ3) is 8.55. The van der Waals surface area contributed by atoms with Crippen LogP contribution < -0.4 is 0 Å². The van der Waals surface area contributed by atoms with Crippen molar-refractivity contribution in [3.63, 3.8) is 0 Å². The largest absolute Gasteiger partial charge is 0.285 e. The topological polar surface area (TPSA) is 17.1 Å². The van der Waals surface area contributed by atoms with Gasteiger partial charge in [-0.25, -0.2) is 0 Å². The fourth-order valence-electron chi connectivity index (χ4n) is 0.745. The number of ketones is 1. The highest BCUT2D eigenvalue weighted by atomic mass is 79.9. The monoisotopic (exact) mass is 326 g/mol. The van der Waals surface area contributed by atoms with E-state index in [1.165, 1.54) is 0 Å². The van der Waals surface area contributed by atoms with Crippen LogP contribution in [0.4, 0.5) is 0 Å². The Kier molecular flexibility index (Phi) is 7.74. The number of hydrogen-bond donors (Lipinski definition) is 0. The molecular formula is C9H9Br2ClO. The van der Waals surface area contributed by atoms with Gasteiger partial charge in [-0.1, -0.05) is 22.5 Å². The van der Waals surface area contributed by atoms with Crippen LogP contribution in [0.5, 0.6) is 0 Å². The summed E-state index contributed by atoms with van der Waals surface area (Å²) in [7, 11) is 0. The minimum Gasteiger partial charge on any atom is -0.285 e. The fraction of sp³-hybridized carbons (Fsp3) is 0.444. The minimum atomic E-state index is -0.0947. The zero-order valence-corrected chi connectivity index (χ0v) is 10.9. The molecule has 0 aromatic heterocycles. The summed E-state index contributed by atoms with van der Waals surface area (Å²) in [5, 5.41) is -0.0482. The number of carbonyl (C=O) groups excluding carboxylic acids is 1. The predicted molar refractivity (Wildman–Crippen MR) is 63.3 cm³/mol.